The lowest BCUT2D eigenvalue weighted by atomic mass is 10.3. The van der Waals surface area contributed by atoms with Crippen LogP contribution in [0.5, 0.6) is 5.75 Å². The molecule has 27 heavy (non-hydrogen) atoms. The van der Waals surface area contributed by atoms with Gasteiger partial charge in [0.2, 0.25) is 0 Å². The Bertz CT molecular complexity index is 941. The molecular formula is C16H15Cl3N2O4S2. The first-order chi connectivity index (χ1) is 12.8. The highest BCUT2D eigenvalue weighted by Gasteiger charge is 2.31. The molecule has 0 saturated carbocycles. The predicted octanol–water partition coefficient (Wildman–Crippen LogP) is 3.62. The molecule has 3 rings (SSSR count). The second-order valence-electron chi connectivity index (χ2n) is 5.71. The molecule has 11 heteroatoms. The summed E-state index contributed by atoms with van der Waals surface area (Å²) >= 11 is 18.7. The fraction of sp³-hybridized carbons (Fsp3) is 0.312. The van der Waals surface area contributed by atoms with Crippen molar-refractivity contribution in [3.05, 3.63) is 44.7 Å². The minimum atomic E-state index is -3.59. The average molecular weight is 470 g/mol. The molecule has 1 aromatic carbocycles. The highest BCUT2D eigenvalue weighted by molar-refractivity contribution is 7.91. The zero-order chi connectivity index (χ0) is 19.6. The molecule has 0 bridgehead atoms. The summed E-state index contributed by atoms with van der Waals surface area (Å²) in [7, 11) is -3.59. The van der Waals surface area contributed by atoms with E-state index in [2.05, 4.69) is 0 Å². The topological polar surface area (TPSA) is 66.9 Å². The van der Waals surface area contributed by atoms with Gasteiger partial charge in [-0.15, -0.1) is 11.3 Å². The first-order valence-electron chi connectivity index (χ1n) is 7.88. The zero-order valence-electron chi connectivity index (χ0n) is 13.9. The van der Waals surface area contributed by atoms with E-state index in [4.69, 9.17) is 39.5 Å². The third kappa shape index (κ3) is 4.88. The highest BCUT2D eigenvalue weighted by atomic mass is 35.5. The summed E-state index contributed by atoms with van der Waals surface area (Å²) in [5, 5.41) is 0.795. The minimum Gasteiger partial charge on any atom is -0.482 e. The number of amides is 1. The number of ether oxygens (including phenoxy) is 1. The van der Waals surface area contributed by atoms with E-state index in [-0.39, 0.29) is 42.9 Å². The van der Waals surface area contributed by atoms with Gasteiger partial charge in [0.1, 0.15) is 9.96 Å². The number of carbonyl (C=O) groups is 1. The van der Waals surface area contributed by atoms with Gasteiger partial charge in [-0.1, -0.05) is 34.8 Å². The molecule has 0 spiro atoms. The van der Waals surface area contributed by atoms with Crippen molar-refractivity contribution < 1.29 is 17.9 Å². The first-order valence-corrected chi connectivity index (χ1v) is 11.3. The number of rotatable bonds is 5. The Hall–Kier alpha value is -1.03. The number of thiophene rings is 1. The summed E-state index contributed by atoms with van der Waals surface area (Å²) in [6.07, 6.45) is 0. The molecule has 1 aliphatic rings. The molecule has 0 unspecified atom stereocenters. The van der Waals surface area contributed by atoms with Crippen LogP contribution in [0, 0.1) is 0 Å². The Balaban J connectivity index is 1.55. The van der Waals surface area contributed by atoms with E-state index in [1.165, 1.54) is 16.4 Å². The van der Waals surface area contributed by atoms with Crippen LogP contribution < -0.4 is 4.74 Å². The molecule has 0 radical (unpaired) electrons. The van der Waals surface area contributed by atoms with Gasteiger partial charge in [0.05, 0.1) is 9.36 Å². The molecule has 2 heterocycles. The molecule has 1 fully saturated rings. The molecule has 1 amide bonds. The largest absolute Gasteiger partial charge is 0.482 e. The van der Waals surface area contributed by atoms with E-state index >= 15 is 0 Å². The lowest BCUT2D eigenvalue weighted by Gasteiger charge is -2.33. The quantitative estimate of drug-likeness (QED) is 0.671. The van der Waals surface area contributed by atoms with Gasteiger partial charge < -0.3 is 9.64 Å². The van der Waals surface area contributed by atoms with Crippen molar-refractivity contribution in [2.75, 3.05) is 32.8 Å². The van der Waals surface area contributed by atoms with E-state index < -0.39 is 10.0 Å². The molecule has 0 N–H and O–H groups in total. The van der Waals surface area contributed by atoms with Crippen LogP contribution >= 0.6 is 46.1 Å². The summed E-state index contributed by atoms with van der Waals surface area (Å²) in [4.78, 5) is 13.9. The average Bonchev–Trinajstić information content (AvgIpc) is 3.08. The number of benzene rings is 1. The minimum absolute atomic E-state index is 0.186. The molecule has 1 aromatic heterocycles. The fourth-order valence-electron chi connectivity index (χ4n) is 2.56. The Labute approximate surface area is 176 Å². The maximum Gasteiger partial charge on any atom is 0.260 e. The Morgan fingerprint density at radius 1 is 1.07 bits per heavy atom. The van der Waals surface area contributed by atoms with Gasteiger partial charge in [-0.05, 0) is 30.3 Å². The second-order valence-corrected chi connectivity index (χ2v) is 10.4. The van der Waals surface area contributed by atoms with Crippen molar-refractivity contribution in [1.29, 1.82) is 0 Å². The van der Waals surface area contributed by atoms with Crippen LogP contribution in [0.15, 0.2) is 34.5 Å². The van der Waals surface area contributed by atoms with Gasteiger partial charge in [0.25, 0.3) is 15.9 Å². The van der Waals surface area contributed by atoms with E-state index in [1.54, 1.807) is 23.1 Å². The number of hydrogen-bond acceptors (Lipinski definition) is 5. The molecule has 6 nitrogen and oxygen atoms in total. The van der Waals surface area contributed by atoms with Crippen LogP contribution in [0.2, 0.25) is 14.4 Å². The second kappa shape index (κ2) is 8.55. The smallest absolute Gasteiger partial charge is 0.260 e. The molecule has 0 aliphatic carbocycles. The maximum atomic E-state index is 12.6. The summed E-state index contributed by atoms with van der Waals surface area (Å²) in [5.74, 6) is 0.127. The van der Waals surface area contributed by atoms with Crippen molar-refractivity contribution in [3.63, 3.8) is 0 Å². The van der Waals surface area contributed by atoms with Gasteiger partial charge in [-0.2, -0.15) is 4.31 Å². The maximum absolute atomic E-state index is 12.6. The Kier molecular flexibility index (Phi) is 6.55. The van der Waals surface area contributed by atoms with Crippen LogP contribution in [0.25, 0.3) is 0 Å². The molecule has 2 aromatic rings. The molecule has 1 saturated heterocycles. The first kappa shape index (κ1) is 20.7. The third-order valence-corrected chi connectivity index (χ3v) is 8.11. The molecular weight excluding hydrogens is 455 g/mol. The predicted molar refractivity (Wildman–Crippen MR) is 107 cm³/mol. The summed E-state index contributed by atoms with van der Waals surface area (Å²) in [6, 6.07) is 7.79. The number of hydrogen-bond donors (Lipinski definition) is 0. The van der Waals surface area contributed by atoms with Crippen molar-refractivity contribution in [2.24, 2.45) is 0 Å². The molecule has 1 aliphatic heterocycles. The number of nitrogens with zero attached hydrogens (tertiary/aromatic N) is 2. The standard InChI is InChI=1S/C16H15Cl3N2O4S2/c17-11-1-2-13(12(18)9-11)25-10-15(22)20-5-7-21(8-6-20)27(23,24)16-4-3-14(19)26-16/h1-4,9H,5-8,10H2. The molecule has 0 atom stereocenters. The van der Waals surface area contributed by atoms with Crippen molar-refractivity contribution in [3.8, 4) is 5.75 Å². The van der Waals surface area contributed by atoms with Crippen molar-refractivity contribution in [1.82, 2.24) is 9.21 Å². The van der Waals surface area contributed by atoms with Crippen LogP contribution in [0.3, 0.4) is 0 Å². The van der Waals surface area contributed by atoms with Gasteiger partial charge in [0, 0.05) is 31.2 Å². The van der Waals surface area contributed by atoms with Gasteiger partial charge >= 0.3 is 0 Å². The van der Waals surface area contributed by atoms with Crippen LogP contribution in [0.4, 0.5) is 0 Å². The monoisotopic (exact) mass is 468 g/mol. The highest BCUT2D eigenvalue weighted by Crippen LogP contribution is 2.29. The van der Waals surface area contributed by atoms with Gasteiger partial charge in [-0.25, -0.2) is 8.42 Å². The van der Waals surface area contributed by atoms with E-state index in [0.29, 0.717) is 20.1 Å². The summed E-state index contributed by atoms with van der Waals surface area (Å²) in [5.41, 5.74) is 0. The normalized spacial score (nSPS) is 15.7. The SMILES string of the molecule is O=C(COc1ccc(Cl)cc1Cl)N1CCN(S(=O)(=O)c2ccc(Cl)s2)CC1. The number of carbonyl (C=O) groups excluding carboxylic acids is 1. The Morgan fingerprint density at radius 2 is 1.78 bits per heavy atom. The van der Waals surface area contributed by atoms with Gasteiger partial charge in [-0.3, -0.25) is 4.79 Å². The Morgan fingerprint density at radius 3 is 2.37 bits per heavy atom. The van der Waals surface area contributed by atoms with E-state index in [1.807, 2.05) is 0 Å². The van der Waals surface area contributed by atoms with Crippen molar-refractivity contribution in [2.45, 2.75) is 4.21 Å². The molecule has 146 valence electrons. The third-order valence-electron chi connectivity index (χ3n) is 3.98. The van der Waals surface area contributed by atoms with Crippen LogP contribution in [-0.2, 0) is 14.8 Å². The van der Waals surface area contributed by atoms with Crippen LogP contribution in [-0.4, -0.2) is 56.3 Å². The number of piperazine rings is 1. The van der Waals surface area contributed by atoms with Crippen molar-refractivity contribution >= 4 is 62.1 Å². The summed E-state index contributed by atoms with van der Waals surface area (Å²) < 4.78 is 32.6. The van der Waals surface area contributed by atoms with E-state index in [9.17, 15) is 13.2 Å². The zero-order valence-corrected chi connectivity index (χ0v) is 17.8. The number of sulfonamides is 1. The lowest BCUT2D eigenvalue weighted by Crippen LogP contribution is -2.51. The summed E-state index contributed by atoms with van der Waals surface area (Å²) in [6.45, 7) is 0.814. The lowest BCUT2D eigenvalue weighted by molar-refractivity contribution is -0.134. The van der Waals surface area contributed by atoms with Crippen LogP contribution in [0.1, 0.15) is 0 Å². The number of halogens is 3. The van der Waals surface area contributed by atoms with E-state index in [0.717, 1.165) is 11.3 Å². The van der Waals surface area contributed by atoms with Gasteiger partial charge in [0.15, 0.2) is 6.61 Å². The fourth-order valence-corrected chi connectivity index (χ4v) is 6.09.